The van der Waals surface area contributed by atoms with E-state index in [0.717, 1.165) is 62.2 Å². The van der Waals surface area contributed by atoms with E-state index >= 15 is 4.39 Å². The second-order valence-electron chi connectivity index (χ2n) is 13.1. The van der Waals surface area contributed by atoms with E-state index in [1.165, 1.54) is 70.3 Å². The first-order valence-corrected chi connectivity index (χ1v) is 15.9. The van der Waals surface area contributed by atoms with E-state index in [2.05, 4.69) is 13.8 Å². The van der Waals surface area contributed by atoms with Gasteiger partial charge in [-0.1, -0.05) is 65.2 Å². The Bertz CT molecular complexity index is 916. The van der Waals surface area contributed by atoms with Crippen molar-refractivity contribution >= 4 is 11.8 Å². The number of carbonyl (C=O) groups excluding carboxylic acids is 2. The van der Waals surface area contributed by atoms with E-state index in [-0.39, 0.29) is 23.4 Å². The predicted octanol–water partition coefficient (Wildman–Crippen LogP) is 9.63. The lowest BCUT2D eigenvalue weighted by Crippen LogP contribution is -2.30. The van der Waals surface area contributed by atoms with E-state index in [1.807, 2.05) is 0 Å². The van der Waals surface area contributed by atoms with Crippen molar-refractivity contribution in [1.29, 1.82) is 0 Å². The summed E-state index contributed by atoms with van der Waals surface area (Å²) in [6.45, 7) is 6.24. The molecular weight excluding hydrogens is 475 g/mol. The lowest BCUT2D eigenvalue weighted by Gasteiger charge is -2.36. The van der Waals surface area contributed by atoms with Crippen molar-refractivity contribution in [3.63, 3.8) is 0 Å². The molecule has 0 N–H and O–H groups in total. The standard InChI is InChI=1S/C34H51FO3/c1-4-5-6-7-25-10-12-26(13-11-25)22-31(36)30-20-21-32(33(35)24(30)3)38-34(37)29-18-16-28(17-19-29)27-14-8-23(2)9-15-27/h20-21,23,25-29H,4-19,22H2,1-3H3. The van der Waals surface area contributed by atoms with Crippen LogP contribution in [0.15, 0.2) is 12.1 Å². The highest BCUT2D eigenvalue weighted by molar-refractivity contribution is 5.97. The van der Waals surface area contributed by atoms with Crippen LogP contribution in [0.1, 0.15) is 139 Å². The predicted molar refractivity (Wildman–Crippen MR) is 152 cm³/mol. The van der Waals surface area contributed by atoms with Gasteiger partial charge in [0, 0.05) is 12.0 Å². The number of Topliss-reactive ketones (excluding diaryl/α,β-unsaturated/α-hetero) is 1. The van der Waals surface area contributed by atoms with Crippen LogP contribution in [0.25, 0.3) is 0 Å². The van der Waals surface area contributed by atoms with Gasteiger partial charge in [0.05, 0.1) is 5.92 Å². The molecule has 3 aliphatic rings. The molecule has 0 spiro atoms. The zero-order valence-electron chi connectivity index (χ0n) is 24.2. The second kappa shape index (κ2) is 14.1. The van der Waals surface area contributed by atoms with Crippen molar-refractivity contribution < 1.29 is 18.7 Å². The number of esters is 1. The highest BCUT2D eigenvalue weighted by Crippen LogP contribution is 2.42. The number of ether oxygens (including phenoxy) is 1. The van der Waals surface area contributed by atoms with Crippen LogP contribution < -0.4 is 4.74 Å². The minimum Gasteiger partial charge on any atom is -0.423 e. The molecule has 1 aromatic carbocycles. The van der Waals surface area contributed by atoms with E-state index < -0.39 is 5.82 Å². The zero-order valence-corrected chi connectivity index (χ0v) is 24.2. The van der Waals surface area contributed by atoms with E-state index in [4.69, 9.17) is 4.74 Å². The maximum Gasteiger partial charge on any atom is 0.314 e. The fourth-order valence-corrected chi connectivity index (χ4v) is 7.60. The van der Waals surface area contributed by atoms with Crippen molar-refractivity contribution in [2.45, 2.75) is 130 Å². The third-order valence-corrected chi connectivity index (χ3v) is 10.4. The molecule has 0 atom stereocenters. The first-order valence-electron chi connectivity index (χ1n) is 15.9. The molecule has 3 nitrogen and oxygen atoms in total. The molecule has 3 saturated carbocycles. The van der Waals surface area contributed by atoms with Crippen LogP contribution in [0.5, 0.6) is 5.75 Å². The average Bonchev–Trinajstić information content (AvgIpc) is 2.93. The monoisotopic (exact) mass is 526 g/mol. The Balaban J connectivity index is 1.25. The Morgan fingerprint density at radius 2 is 1.45 bits per heavy atom. The normalized spacial score (nSPS) is 30.1. The fourth-order valence-electron chi connectivity index (χ4n) is 7.60. The maximum absolute atomic E-state index is 15.2. The van der Waals surface area contributed by atoms with Crippen molar-refractivity contribution in [3.05, 3.63) is 29.1 Å². The molecule has 0 radical (unpaired) electrons. The number of benzene rings is 1. The molecule has 212 valence electrons. The molecule has 38 heavy (non-hydrogen) atoms. The molecule has 4 heteroatoms. The van der Waals surface area contributed by atoms with Gasteiger partial charge in [0.15, 0.2) is 17.3 Å². The van der Waals surface area contributed by atoms with Crippen LogP contribution in [-0.4, -0.2) is 11.8 Å². The molecule has 3 fully saturated rings. The van der Waals surface area contributed by atoms with Crippen molar-refractivity contribution in [1.82, 2.24) is 0 Å². The van der Waals surface area contributed by atoms with Crippen LogP contribution in [0.4, 0.5) is 4.39 Å². The Morgan fingerprint density at radius 1 is 0.842 bits per heavy atom. The van der Waals surface area contributed by atoms with Gasteiger partial charge in [-0.3, -0.25) is 9.59 Å². The zero-order chi connectivity index (χ0) is 27.1. The van der Waals surface area contributed by atoms with Crippen LogP contribution in [0, 0.1) is 48.2 Å². The topological polar surface area (TPSA) is 43.4 Å². The molecule has 0 aromatic heterocycles. The largest absolute Gasteiger partial charge is 0.423 e. The van der Waals surface area contributed by atoms with Gasteiger partial charge in [-0.05, 0) is 106 Å². The summed E-state index contributed by atoms with van der Waals surface area (Å²) in [5.41, 5.74) is 0.749. The number of hydrogen-bond acceptors (Lipinski definition) is 3. The summed E-state index contributed by atoms with van der Waals surface area (Å²) in [7, 11) is 0. The smallest absolute Gasteiger partial charge is 0.314 e. The van der Waals surface area contributed by atoms with E-state index in [0.29, 0.717) is 23.5 Å². The lowest BCUT2D eigenvalue weighted by molar-refractivity contribution is -0.140. The third kappa shape index (κ3) is 7.69. The summed E-state index contributed by atoms with van der Waals surface area (Å²) in [6.07, 6.45) is 19.5. The highest BCUT2D eigenvalue weighted by atomic mass is 19.1. The third-order valence-electron chi connectivity index (χ3n) is 10.4. The van der Waals surface area contributed by atoms with Crippen molar-refractivity contribution in [2.75, 3.05) is 0 Å². The Morgan fingerprint density at radius 3 is 2.08 bits per heavy atom. The van der Waals surface area contributed by atoms with Crippen LogP contribution >= 0.6 is 0 Å². The molecule has 0 saturated heterocycles. The minimum atomic E-state index is -0.561. The van der Waals surface area contributed by atoms with Gasteiger partial charge in [0.2, 0.25) is 0 Å². The molecule has 0 amide bonds. The molecular formula is C34H51FO3. The molecule has 0 heterocycles. The SMILES string of the molecule is CCCCCC1CCC(CC(=O)c2ccc(OC(=O)C3CCC(C4CCC(C)CC4)CC3)c(F)c2C)CC1. The molecule has 1 aromatic rings. The maximum atomic E-state index is 15.2. The molecule has 0 unspecified atom stereocenters. The Hall–Kier alpha value is -1.71. The summed E-state index contributed by atoms with van der Waals surface area (Å²) in [5.74, 6) is 2.58. The van der Waals surface area contributed by atoms with Gasteiger partial charge in [-0.15, -0.1) is 0 Å². The molecule has 0 bridgehead atoms. The number of ketones is 1. The average molecular weight is 527 g/mol. The second-order valence-corrected chi connectivity index (χ2v) is 13.1. The molecule has 3 aliphatic carbocycles. The van der Waals surface area contributed by atoms with Gasteiger partial charge < -0.3 is 4.74 Å². The van der Waals surface area contributed by atoms with Crippen molar-refractivity contribution in [2.24, 2.45) is 35.5 Å². The summed E-state index contributed by atoms with van der Waals surface area (Å²) in [6, 6.07) is 3.16. The Labute approximate surface area is 230 Å². The van der Waals surface area contributed by atoms with Gasteiger partial charge in [-0.2, -0.15) is 0 Å². The van der Waals surface area contributed by atoms with E-state index in [9.17, 15) is 9.59 Å². The molecule has 0 aliphatic heterocycles. The first-order chi connectivity index (χ1) is 18.4. The summed E-state index contributed by atoms with van der Waals surface area (Å²) in [4.78, 5) is 26.0. The van der Waals surface area contributed by atoms with Crippen LogP contribution in [0.2, 0.25) is 0 Å². The number of unbranched alkanes of at least 4 members (excludes halogenated alkanes) is 2. The van der Waals surface area contributed by atoms with Gasteiger partial charge in [0.1, 0.15) is 0 Å². The van der Waals surface area contributed by atoms with Crippen LogP contribution in [-0.2, 0) is 4.79 Å². The van der Waals surface area contributed by atoms with Crippen molar-refractivity contribution in [3.8, 4) is 5.75 Å². The van der Waals surface area contributed by atoms with Gasteiger partial charge in [0.25, 0.3) is 0 Å². The summed E-state index contributed by atoms with van der Waals surface area (Å²) >= 11 is 0. The minimum absolute atomic E-state index is 0.0177. The Kier molecular flexibility index (Phi) is 10.8. The number of carbonyl (C=O) groups is 2. The van der Waals surface area contributed by atoms with E-state index in [1.54, 1.807) is 13.0 Å². The highest BCUT2D eigenvalue weighted by Gasteiger charge is 2.33. The molecule has 4 rings (SSSR count). The first kappa shape index (κ1) is 29.3. The number of hydrogen-bond donors (Lipinski definition) is 0. The number of rotatable bonds is 10. The number of halogens is 1. The summed E-state index contributed by atoms with van der Waals surface area (Å²) < 4.78 is 20.8. The van der Waals surface area contributed by atoms with Gasteiger partial charge in [-0.25, -0.2) is 4.39 Å². The summed E-state index contributed by atoms with van der Waals surface area (Å²) in [5, 5.41) is 0. The lowest BCUT2D eigenvalue weighted by atomic mass is 9.69. The fraction of sp³-hybridized carbons (Fsp3) is 0.765. The van der Waals surface area contributed by atoms with Gasteiger partial charge >= 0.3 is 5.97 Å². The van der Waals surface area contributed by atoms with Crippen LogP contribution in [0.3, 0.4) is 0 Å². The quantitative estimate of drug-likeness (QED) is 0.132.